The zero-order valence-electron chi connectivity index (χ0n) is 10.7. The minimum Gasteiger partial charge on any atom is -0.480 e. The number of amides is 1. The second kappa shape index (κ2) is 5.03. The van der Waals surface area contributed by atoms with Gasteiger partial charge in [-0.05, 0) is 33.3 Å². The van der Waals surface area contributed by atoms with Gasteiger partial charge in [0.25, 0.3) is 5.91 Å². The molecule has 0 aliphatic heterocycles. The average Bonchev–Trinajstić information content (AvgIpc) is 2.53. The quantitative estimate of drug-likeness (QED) is 0.697. The van der Waals surface area contributed by atoms with Crippen molar-refractivity contribution in [1.29, 1.82) is 0 Å². The Hall–Kier alpha value is -2.11. The summed E-state index contributed by atoms with van der Waals surface area (Å²) in [6.07, 6.45) is 0. The first kappa shape index (κ1) is 14.0. The van der Waals surface area contributed by atoms with E-state index in [-0.39, 0.29) is 11.5 Å². The topological polar surface area (TPSA) is 99.3 Å². The van der Waals surface area contributed by atoms with Gasteiger partial charge in [-0.3, -0.25) is 14.4 Å². The van der Waals surface area contributed by atoms with Crippen LogP contribution < -0.4 is 5.32 Å². The first-order valence-electron chi connectivity index (χ1n) is 5.49. The molecule has 0 aliphatic rings. The van der Waals surface area contributed by atoms with E-state index in [9.17, 15) is 14.4 Å². The number of carbonyl (C=O) groups is 3. The van der Waals surface area contributed by atoms with Gasteiger partial charge in [-0.2, -0.15) is 0 Å². The number of nitrogens with one attached hydrogen (secondary N) is 2. The SMILES string of the molecule is CC(=O)c1c(C)[nH]c(C(=O)NC(C)C(=O)O)c1C. The Morgan fingerprint density at radius 3 is 2.22 bits per heavy atom. The predicted molar refractivity (Wildman–Crippen MR) is 64.8 cm³/mol. The molecule has 1 aromatic rings. The first-order valence-corrected chi connectivity index (χ1v) is 5.49. The largest absolute Gasteiger partial charge is 0.480 e. The van der Waals surface area contributed by atoms with Crippen LogP contribution in [-0.2, 0) is 4.79 Å². The van der Waals surface area contributed by atoms with Crippen LogP contribution in [0.4, 0.5) is 0 Å². The van der Waals surface area contributed by atoms with Crippen molar-refractivity contribution in [2.24, 2.45) is 0 Å². The molecule has 1 amide bonds. The van der Waals surface area contributed by atoms with E-state index in [0.717, 1.165) is 0 Å². The molecule has 98 valence electrons. The lowest BCUT2D eigenvalue weighted by molar-refractivity contribution is -0.138. The summed E-state index contributed by atoms with van der Waals surface area (Å²) >= 11 is 0. The molecule has 18 heavy (non-hydrogen) atoms. The van der Waals surface area contributed by atoms with Gasteiger partial charge in [0.1, 0.15) is 11.7 Å². The zero-order chi connectivity index (χ0) is 14.0. The molecule has 0 spiro atoms. The molecule has 6 heteroatoms. The number of aromatic nitrogens is 1. The lowest BCUT2D eigenvalue weighted by Crippen LogP contribution is -2.38. The normalized spacial score (nSPS) is 12.0. The Labute approximate surface area is 104 Å². The molecule has 1 rings (SSSR count). The minimum atomic E-state index is -1.11. The molecule has 0 saturated carbocycles. The van der Waals surface area contributed by atoms with Crippen molar-refractivity contribution in [2.75, 3.05) is 0 Å². The Morgan fingerprint density at radius 1 is 1.28 bits per heavy atom. The van der Waals surface area contributed by atoms with E-state index in [0.29, 0.717) is 16.8 Å². The number of hydrogen-bond acceptors (Lipinski definition) is 3. The van der Waals surface area contributed by atoms with Crippen LogP contribution in [0, 0.1) is 13.8 Å². The monoisotopic (exact) mass is 252 g/mol. The number of carboxylic acids is 1. The highest BCUT2D eigenvalue weighted by atomic mass is 16.4. The van der Waals surface area contributed by atoms with Crippen molar-refractivity contribution >= 4 is 17.7 Å². The van der Waals surface area contributed by atoms with Gasteiger partial charge in [0.2, 0.25) is 0 Å². The first-order chi connectivity index (χ1) is 8.25. The van der Waals surface area contributed by atoms with Gasteiger partial charge in [0.05, 0.1) is 0 Å². The molecular formula is C12H16N2O4. The molecule has 0 saturated heterocycles. The number of H-pyrrole nitrogens is 1. The van der Waals surface area contributed by atoms with Crippen molar-refractivity contribution < 1.29 is 19.5 Å². The van der Waals surface area contributed by atoms with Gasteiger partial charge in [0, 0.05) is 11.3 Å². The van der Waals surface area contributed by atoms with Crippen molar-refractivity contribution in [3.63, 3.8) is 0 Å². The van der Waals surface area contributed by atoms with Gasteiger partial charge in [-0.15, -0.1) is 0 Å². The van der Waals surface area contributed by atoms with Crippen LogP contribution >= 0.6 is 0 Å². The summed E-state index contributed by atoms with van der Waals surface area (Å²) in [6, 6.07) is -0.985. The standard InChI is InChI=1S/C12H16N2O4/c1-5-9(8(4)15)6(2)13-10(5)11(16)14-7(3)12(17)18/h7,13H,1-4H3,(H,14,16)(H,17,18). The summed E-state index contributed by atoms with van der Waals surface area (Å²) in [4.78, 5) is 36.7. The summed E-state index contributed by atoms with van der Waals surface area (Å²) in [5.41, 5.74) is 1.84. The van der Waals surface area contributed by atoms with Crippen molar-refractivity contribution in [3.8, 4) is 0 Å². The Morgan fingerprint density at radius 2 is 1.83 bits per heavy atom. The van der Waals surface area contributed by atoms with Gasteiger partial charge < -0.3 is 15.4 Å². The smallest absolute Gasteiger partial charge is 0.325 e. The zero-order valence-corrected chi connectivity index (χ0v) is 10.7. The number of hydrogen-bond donors (Lipinski definition) is 3. The number of rotatable bonds is 4. The van der Waals surface area contributed by atoms with Gasteiger partial charge >= 0.3 is 5.97 Å². The molecular weight excluding hydrogens is 236 g/mol. The fourth-order valence-corrected chi connectivity index (χ4v) is 1.84. The lowest BCUT2D eigenvalue weighted by Gasteiger charge is -2.08. The molecule has 1 heterocycles. The summed E-state index contributed by atoms with van der Waals surface area (Å²) in [7, 11) is 0. The fraction of sp³-hybridized carbons (Fsp3) is 0.417. The summed E-state index contributed by atoms with van der Waals surface area (Å²) in [5.74, 6) is -1.78. The highest BCUT2D eigenvalue weighted by Gasteiger charge is 2.22. The van der Waals surface area contributed by atoms with E-state index in [4.69, 9.17) is 5.11 Å². The molecule has 0 aromatic carbocycles. The third kappa shape index (κ3) is 2.58. The maximum atomic E-state index is 11.9. The third-order valence-electron chi connectivity index (χ3n) is 2.73. The summed E-state index contributed by atoms with van der Waals surface area (Å²) in [6.45, 7) is 6.14. The van der Waals surface area contributed by atoms with E-state index in [1.165, 1.54) is 13.8 Å². The summed E-state index contributed by atoms with van der Waals surface area (Å²) < 4.78 is 0. The van der Waals surface area contributed by atoms with E-state index in [2.05, 4.69) is 10.3 Å². The van der Waals surface area contributed by atoms with Crippen LogP contribution in [-0.4, -0.2) is 33.8 Å². The van der Waals surface area contributed by atoms with Gasteiger partial charge in [-0.1, -0.05) is 0 Å². The number of carbonyl (C=O) groups excluding carboxylic acids is 2. The van der Waals surface area contributed by atoms with Crippen LogP contribution in [0.5, 0.6) is 0 Å². The maximum absolute atomic E-state index is 11.9. The highest BCUT2D eigenvalue weighted by molar-refractivity contribution is 6.03. The number of aliphatic carboxylic acids is 1. The number of carboxylic acid groups (broad SMARTS) is 1. The molecule has 0 aliphatic carbocycles. The van der Waals surface area contributed by atoms with Crippen LogP contribution in [0.15, 0.2) is 0 Å². The maximum Gasteiger partial charge on any atom is 0.325 e. The van der Waals surface area contributed by atoms with Crippen LogP contribution in [0.3, 0.4) is 0 Å². The molecule has 3 N–H and O–H groups in total. The molecule has 1 unspecified atom stereocenters. The molecule has 1 aromatic heterocycles. The number of aryl methyl sites for hydroxylation is 1. The van der Waals surface area contributed by atoms with Crippen molar-refractivity contribution in [2.45, 2.75) is 33.7 Å². The van der Waals surface area contributed by atoms with E-state index >= 15 is 0 Å². The minimum absolute atomic E-state index is 0.133. The Kier molecular flexibility index (Phi) is 3.90. The Balaban J connectivity index is 3.05. The Bertz CT molecular complexity index is 516. The second-order valence-electron chi connectivity index (χ2n) is 4.21. The lowest BCUT2D eigenvalue weighted by atomic mass is 10.1. The predicted octanol–water partition coefficient (Wildman–Crippen LogP) is 1.04. The van der Waals surface area contributed by atoms with Crippen LogP contribution in [0.25, 0.3) is 0 Å². The van der Waals surface area contributed by atoms with Crippen molar-refractivity contribution in [3.05, 3.63) is 22.5 Å². The second-order valence-corrected chi connectivity index (χ2v) is 4.21. The fourth-order valence-electron chi connectivity index (χ4n) is 1.84. The molecule has 0 fully saturated rings. The van der Waals surface area contributed by atoms with Crippen molar-refractivity contribution in [1.82, 2.24) is 10.3 Å². The van der Waals surface area contributed by atoms with Crippen LogP contribution in [0.2, 0.25) is 0 Å². The molecule has 1 atom stereocenters. The molecule has 6 nitrogen and oxygen atoms in total. The summed E-state index contributed by atoms with van der Waals surface area (Å²) in [5, 5.41) is 11.1. The van der Waals surface area contributed by atoms with Gasteiger partial charge in [0.15, 0.2) is 5.78 Å². The van der Waals surface area contributed by atoms with E-state index < -0.39 is 17.9 Å². The third-order valence-corrected chi connectivity index (χ3v) is 2.73. The highest BCUT2D eigenvalue weighted by Crippen LogP contribution is 2.18. The molecule has 0 bridgehead atoms. The number of aromatic amines is 1. The average molecular weight is 252 g/mol. The number of Topliss-reactive ketones (excluding diaryl/α,β-unsaturated/α-hetero) is 1. The molecule has 0 radical (unpaired) electrons. The number of ketones is 1. The van der Waals surface area contributed by atoms with Crippen LogP contribution in [0.1, 0.15) is 46.0 Å². The van der Waals surface area contributed by atoms with E-state index in [1.54, 1.807) is 13.8 Å². The van der Waals surface area contributed by atoms with Gasteiger partial charge in [-0.25, -0.2) is 0 Å². The van der Waals surface area contributed by atoms with E-state index in [1.807, 2.05) is 0 Å².